The van der Waals surface area contributed by atoms with Crippen molar-refractivity contribution in [3.8, 4) is 5.75 Å². The maximum absolute atomic E-state index is 12.3. The normalized spacial score (nSPS) is 14.6. The molecule has 1 aliphatic rings. The van der Waals surface area contributed by atoms with Gasteiger partial charge < -0.3 is 25.0 Å². The highest BCUT2D eigenvalue weighted by Gasteiger charge is 2.15. The van der Waals surface area contributed by atoms with Crippen LogP contribution in [-0.2, 0) is 16.1 Å². The third-order valence-corrected chi connectivity index (χ3v) is 4.88. The zero-order chi connectivity index (χ0) is 20.7. The third kappa shape index (κ3) is 9.17. The Morgan fingerprint density at radius 2 is 1.83 bits per heavy atom. The van der Waals surface area contributed by atoms with Crippen molar-refractivity contribution in [3.63, 3.8) is 0 Å². The molecule has 0 bridgehead atoms. The summed E-state index contributed by atoms with van der Waals surface area (Å²) in [5.74, 6) is 1.79. The monoisotopic (exact) mass is 404 g/mol. The highest BCUT2D eigenvalue weighted by Crippen LogP contribution is 2.12. The maximum atomic E-state index is 12.3. The number of nitrogens with zero attached hydrogens (tertiary/aromatic N) is 2. The van der Waals surface area contributed by atoms with E-state index in [0.29, 0.717) is 19.5 Å². The average molecular weight is 405 g/mol. The lowest BCUT2D eigenvalue weighted by molar-refractivity contribution is -0.131. The van der Waals surface area contributed by atoms with Crippen LogP contribution in [0, 0.1) is 0 Å². The molecule has 1 fully saturated rings. The van der Waals surface area contributed by atoms with E-state index in [1.54, 1.807) is 7.11 Å². The van der Waals surface area contributed by atoms with E-state index in [0.717, 1.165) is 69.4 Å². The van der Waals surface area contributed by atoms with Gasteiger partial charge in [-0.1, -0.05) is 12.1 Å². The molecule has 0 spiro atoms. The molecule has 2 N–H and O–H groups in total. The van der Waals surface area contributed by atoms with Gasteiger partial charge in [-0.15, -0.1) is 0 Å². The number of carbonyl (C=O) groups is 1. The minimum absolute atomic E-state index is 0.225. The van der Waals surface area contributed by atoms with Crippen molar-refractivity contribution >= 4 is 11.9 Å². The number of piperidine rings is 1. The van der Waals surface area contributed by atoms with Crippen LogP contribution >= 0.6 is 0 Å². The van der Waals surface area contributed by atoms with Crippen LogP contribution in [0.1, 0.15) is 44.6 Å². The van der Waals surface area contributed by atoms with Crippen LogP contribution in [0.5, 0.6) is 5.75 Å². The minimum Gasteiger partial charge on any atom is -0.497 e. The summed E-state index contributed by atoms with van der Waals surface area (Å²) in [6.07, 6.45) is 4.87. The molecule has 0 radical (unpaired) electrons. The number of amides is 1. The highest BCUT2D eigenvalue weighted by atomic mass is 16.5. The van der Waals surface area contributed by atoms with E-state index < -0.39 is 0 Å². The Bertz CT molecular complexity index is 613. The second-order valence-corrected chi connectivity index (χ2v) is 7.11. The lowest BCUT2D eigenvalue weighted by atomic mass is 10.1. The first-order valence-corrected chi connectivity index (χ1v) is 10.7. The summed E-state index contributed by atoms with van der Waals surface area (Å²) in [6, 6.07) is 7.89. The Labute approximate surface area is 174 Å². The van der Waals surface area contributed by atoms with Gasteiger partial charge in [0, 0.05) is 45.8 Å². The number of rotatable bonds is 11. The quantitative estimate of drug-likeness (QED) is 0.337. The number of carbonyl (C=O) groups excluding carboxylic acids is 1. The fourth-order valence-electron chi connectivity index (χ4n) is 3.19. The van der Waals surface area contributed by atoms with Gasteiger partial charge in [-0.2, -0.15) is 0 Å². The number of hydrogen-bond acceptors (Lipinski definition) is 4. The number of ether oxygens (including phenoxy) is 2. The second kappa shape index (κ2) is 13.8. The van der Waals surface area contributed by atoms with Crippen molar-refractivity contribution < 1.29 is 14.3 Å². The molecule has 1 heterocycles. The summed E-state index contributed by atoms with van der Waals surface area (Å²) in [5, 5.41) is 6.63. The average Bonchev–Trinajstić information content (AvgIpc) is 2.77. The SMILES string of the molecule is CCOCCCNC(=NCc1ccc(OC)cc1)NCCC(=O)N1CCCCC1. The third-order valence-electron chi connectivity index (χ3n) is 4.88. The van der Waals surface area contributed by atoms with Crippen molar-refractivity contribution in [1.29, 1.82) is 0 Å². The number of likely N-dealkylation sites (tertiary alicyclic amines) is 1. The van der Waals surface area contributed by atoms with Gasteiger partial charge in [0.15, 0.2) is 5.96 Å². The molecule has 1 aliphatic heterocycles. The molecule has 0 saturated carbocycles. The Hall–Kier alpha value is -2.28. The summed E-state index contributed by atoms with van der Waals surface area (Å²) in [6.45, 7) is 7.16. The van der Waals surface area contributed by atoms with Crippen LogP contribution in [0.3, 0.4) is 0 Å². The van der Waals surface area contributed by atoms with Gasteiger partial charge in [0.05, 0.1) is 13.7 Å². The molecule has 7 nitrogen and oxygen atoms in total. The number of methoxy groups -OCH3 is 1. The molecule has 2 rings (SSSR count). The highest BCUT2D eigenvalue weighted by molar-refractivity contribution is 5.81. The molecule has 1 amide bonds. The number of nitrogens with one attached hydrogen (secondary N) is 2. The van der Waals surface area contributed by atoms with Gasteiger partial charge in [0.2, 0.25) is 5.91 Å². The number of benzene rings is 1. The number of guanidine groups is 1. The zero-order valence-corrected chi connectivity index (χ0v) is 17.9. The molecule has 0 unspecified atom stereocenters. The van der Waals surface area contributed by atoms with Crippen molar-refractivity contribution in [3.05, 3.63) is 29.8 Å². The molecule has 1 aromatic carbocycles. The summed E-state index contributed by atoms with van der Waals surface area (Å²) >= 11 is 0. The zero-order valence-electron chi connectivity index (χ0n) is 17.9. The van der Waals surface area contributed by atoms with E-state index in [1.165, 1.54) is 6.42 Å². The second-order valence-electron chi connectivity index (χ2n) is 7.11. The van der Waals surface area contributed by atoms with Gasteiger partial charge >= 0.3 is 0 Å². The Kier molecular flexibility index (Phi) is 11.0. The lowest BCUT2D eigenvalue weighted by Crippen LogP contribution is -2.41. The minimum atomic E-state index is 0.225. The predicted molar refractivity (Wildman–Crippen MR) is 116 cm³/mol. The fourth-order valence-corrected chi connectivity index (χ4v) is 3.19. The van der Waals surface area contributed by atoms with Gasteiger partial charge in [0.1, 0.15) is 5.75 Å². The van der Waals surface area contributed by atoms with Crippen molar-refractivity contribution in [2.24, 2.45) is 4.99 Å². The van der Waals surface area contributed by atoms with Crippen LogP contribution < -0.4 is 15.4 Å². The summed E-state index contributed by atoms with van der Waals surface area (Å²) in [5.41, 5.74) is 1.10. The first-order chi connectivity index (χ1) is 14.2. The smallest absolute Gasteiger partial charge is 0.224 e. The molecular weight excluding hydrogens is 368 g/mol. The molecule has 29 heavy (non-hydrogen) atoms. The van der Waals surface area contributed by atoms with E-state index >= 15 is 0 Å². The lowest BCUT2D eigenvalue weighted by Gasteiger charge is -2.26. The van der Waals surface area contributed by atoms with E-state index in [1.807, 2.05) is 36.1 Å². The first kappa shape index (κ1) is 23.0. The Morgan fingerprint density at radius 3 is 2.52 bits per heavy atom. The standard InChI is InChI=1S/C22H36N4O3/c1-3-29-17-7-13-23-22(25-18-19-8-10-20(28-2)11-9-19)24-14-12-21(27)26-15-5-4-6-16-26/h8-11H,3-7,12-18H2,1-2H3,(H2,23,24,25). The Morgan fingerprint density at radius 1 is 1.10 bits per heavy atom. The topological polar surface area (TPSA) is 75.2 Å². The van der Waals surface area contributed by atoms with Crippen LogP contribution in [-0.4, -0.2) is 63.3 Å². The van der Waals surface area contributed by atoms with Crippen molar-refractivity contribution in [2.45, 2.75) is 45.6 Å². The van der Waals surface area contributed by atoms with Crippen molar-refractivity contribution in [1.82, 2.24) is 15.5 Å². The molecule has 0 aliphatic carbocycles. The molecular formula is C22H36N4O3. The Balaban J connectivity index is 1.82. The van der Waals surface area contributed by atoms with E-state index in [9.17, 15) is 4.79 Å². The van der Waals surface area contributed by atoms with Gasteiger partial charge in [-0.05, 0) is 50.3 Å². The van der Waals surface area contributed by atoms with Crippen molar-refractivity contribution in [2.75, 3.05) is 46.5 Å². The molecule has 0 atom stereocenters. The largest absolute Gasteiger partial charge is 0.497 e. The van der Waals surface area contributed by atoms with Gasteiger partial charge in [-0.3, -0.25) is 4.79 Å². The summed E-state index contributed by atoms with van der Waals surface area (Å²) in [7, 11) is 1.66. The van der Waals surface area contributed by atoms with E-state index in [4.69, 9.17) is 9.47 Å². The van der Waals surface area contributed by atoms with E-state index in [-0.39, 0.29) is 5.91 Å². The van der Waals surface area contributed by atoms with Gasteiger partial charge in [0.25, 0.3) is 0 Å². The predicted octanol–water partition coefficient (Wildman–Crippen LogP) is 2.56. The molecule has 0 aromatic heterocycles. The van der Waals surface area contributed by atoms with Gasteiger partial charge in [-0.25, -0.2) is 4.99 Å². The molecule has 1 saturated heterocycles. The fraction of sp³-hybridized carbons (Fsp3) is 0.636. The van der Waals surface area contributed by atoms with Crippen LogP contribution in [0.4, 0.5) is 0 Å². The van der Waals surface area contributed by atoms with Crippen LogP contribution in [0.2, 0.25) is 0 Å². The summed E-state index contributed by atoms with van der Waals surface area (Å²) < 4.78 is 10.6. The first-order valence-electron chi connectivity index (χ1n) is 10.7. The number of aliphatic imine (C=N–C) groups is 1. The number of hydrogen-bond donors (Lipinski definition) is 2. The molecule has 7 heteroatoms. The molecule has 1 aromatic rings. The van der Waals surface area contributed by atoms with Crippen LogP contribution in [0.15, 0.2) is 29.3 Å². The van der Waals surface area contributed by atoms with Crippen LogP contribution in [0.25, 0.3) is 0 Å². The molecule has 162 valence electrons. The maximum Gasteiger partial charge on any atom is 0.224 e. The van der Waals surface area contributed by atoms with E-state index in [2.05, 4.69) is 15.6 Å². The summed E-state index contributed by atoms with van der Waals surface area (Å²) in [4.78, 5) is 19.0.